The van der Waals surface area contributed by atoms with Crippen molar-refractivity contribution in [3.8, 4) is 5.75 Å². The first-order chi connectivity index (χ1) is 11.1. The lowest BCUT2D eigenvalue weighted by molar-refractivity contribution is -0.150. The predicted molar refractivity (Wildman–Crippen MR) is 83.1 cm³/mol. The minimum Gasteiger partial charge on any atom is -0.478 e. The SMILES string of the molecule is CCOC(=O)C1Cc2c(ccc3cnn(CC(C)N=[N+]=[N-])c23)O1. The summed E-state index contributed by atoms with van der Waals surface area (Å²) in [6.07, 6.45) is 1.59. The van der Waals surface area contributed by atoms with Crippen LogP contribution in [0.15, 0.2) is 23.4 Å². The normalized spacial score (nSPS) is 17.2. The monoisotopic (exact) mass is 315 g/mol. The maximum Gasteiger partial charge on any atom is 0.347 e. The fourth-order valence-electron chi connectivity index (χ4n) is 2.80. The van der Waals surface area contributed by atoms with Crippen molar-refractivity contribution >= 4 is 16.9 Å². The Bertz CT molecular complexity index is 794. The van der Waals surface area contributed by atoms with E-state index in [-0.39, 0.29) is 12.0 Å². The average molecular weight is 315 g/mol. The fraction of sp³-hybridized carbons (Fsp3) is 0.467. The number of nitrogens with zero attached hydrogens (tertiary/aromatic N) is 5. The van der Waals surface area contributed by atoms with Gasteiger partial charge in [0.1, 0.15) is 5.75 Å². The van der Waals surface area contributed by atoms with Crippen LogP contribution in [-0.2, 0) is 22.5 Å². The molecule has 0 spiro atoms. The van der Waals surface area contributed by atoms with Crippen LogP contribution < -0.4 is 4.74 Å². The van der Waals surface area contributed by atoms with Crippen LogP contribution in [0.3, 0.4) is 0 Å². The second-order valence-corrected chi connectivity index (χ2v) is 5.42. The zero-order valence-corrected chi connectivity index (χ0v) is 13.0. The van der Waals surface area contributed by atoms with E-state index in [4.69, 9.17) is 15.0 Å². The van der Waals surface area contributed by atoms with Gasteiger partial charge >= 0.3 is 5.97 Å². The number of hydrogen-bond donors (Lipinski definition) is 0. The van der Waals surface area contributed by atoms with Gasteiger partial charge < -0.3 is 9.47 Å². The molecular formula is C15H17N5O3. The second kappa shape index (κ2) is 6.18. The second-order valence-electron chi connectivity index (χ2n) is 5.42. The largest absolute Gasteiger partial charge is 0.478 e. The molecule has 23 heavy (non-hydrogen) atoms. The van der Waals surface area contributed by atoms with Crippen LogP contribution in [0.1, 0.15) is 19.4 Å². The van der Waals surface area contributed by atoms with Crippen LogP contribution in [0, 0.1) is 0 Å². The van der Waals surface area contributed by atoms with E-state index in [1.807, 2.05) is 19.1 Å². The molecule has 0 saturated heterocycles. The molecule has 0 saturated carbocycles. The maximum atomic E-state index is 11.9. The highest BCUT2D eigenvalue weighted by Crippen LogP contribution is 2.35. The van der Waals surface area contributed by atoms with Gasteiger partial charge in [-0.3, -0.25) is 4.68 Å². The van der Waals surface area contributed by atoms with Crippen LogP contribution in [0.2, 0.25) is 0 Å². The van der Waals surface area contributed by atoms with Crippen molar-refractivity contribution < 1.29 is 14.3 Å². The number of hydrogen-bond acceptors (Lipinski definition) is 5. The minimum atomic E-state index is -0.617. The number of aromatic nitrogens is 2. The van der Waals surface area contributed by atoms with Gasteiger partial charge in [-0.05, 0) is 24.6 Å². The number of ether oxygens (including phenoxy) is 2. The molecule has 8 nitrogen and oxygen atoms in total. The molecule has 0 radical (unpaired) electrons. The van der Waals surface area contributed by atoms with Gasteiger partial charge in [-0.2, -0.15) is 5.10 Å². The van der Waals surface area contributed by atoms with Gasteiger partial charge in [0.2, 0.25) is 0 Å². The lowest BCUT2D eigenvalue weighted by Crippen LogP contribution is -2.27. The molecule has 0 amide bonds. The highest BCUT2D eigenvalue weighted by Gasteiger charge is 2.32. The molecule has 2 aromatic rings. The van der Waals surface area contributed by atoms with Gasteiger partial charge in [0.05, 0.1) is 24.4 Å². The first-order valence-corrected chi connectivity index (χ1v) is 7.49. The van der Waals surface area contributed by atoms with Crippen molar-refractivity contribution in [2.75, 3.05) is 6.61 Å². The Balaban J connectivity index is 1.95. The van der Waals surface area contributed by atoms with Crippen molar-refractivity contribution in [2.45, 2.75) is 39.0 Å². The van der Waals surface area contributed by atoms with Crippen molar-refractivity contribution in [1.29, 1.82) is 0 Å². The summed E-state index contributed by atoms with van der Waals surface area (Å²) in [5, 5.41) is 9.01. The molecule has 3 rings (SSSR count). The minimum absolute atomic E-state index is 0.220. The lowest BCUT2D eigenvalue weighted by Gasteiger charge is -2.08. The quantitative estimate of drug-likeness (QED) is 0.366. The lowest BCUT2D eigenvalue weighted by atomic mass is 10.1. The number of azide groups is 1. The number of carbonyl (C=O) groups excluding carboxylic acids is 1. The summed E-state index contributed by atoms with van der Waals surface area (Å²) in [4.78, 5) is 14.7. The van der Waals surface area contributed by atoms with Gasteiger partial charge in [0, 0.05) is 28.8 Å². The van der Waals surface area contributed by atoms with Crippen molar-refractivity contribution in [3.63, 3.8) is 0 Å². The number of carbonyl (C=O) groups is 1. The molecule has 0 N–H and O–H groups in total. The van der Waals surface area contributed by atoms with Gasteiger partial charge in [-0.15, -0.1) is 0 Å². The van der Waals surface area contributed by atoms with Crippen LogP contribution in [0.4, 0.5) is 0 Å². The molecular weight excluding hydrogens is 298 g/mol. The highest BCUT2D eigenvalue weighted by atomic mass is 16.6. The van der Waals surface area contributed by atoms with Gasteiger partial charge in [-0.25, -0.2) is 4.79 Å². The van der Waals surface area contributed by atoms with E-state index in [0.717, 1.165) is 16.5 Å². The van der Waals surface area contributed by atoms with Gasteiger partial charge in [0.15, 0.2) is 6.10 Å². The first kappa shape index (κ1) is 15.2. The first-order valence-electron chi connectivity index (χ1n) is 7.49. The number of esters is 1. The van der Waals surface area contributed by atoms with E-state index in [1.54, 1.807) is 17.8 Å². The Morgan fingerprint density at radius 2 is 2.48 bits per heavy atom. The van der Waals surface area contributed by atoms with Crippen LogP contribution in [-0.4, -0.2) is 34.5 Å². The van der Waals surface area contributed by atoms with E-state index in [9.17, 15) is 4.79 Å². The molecule has 0 bridgehead atoms. The number of rotatable bonds is 5. The molecule has 2 unspecified atom stereocenters. The molecule has 1 aromatic heterocycles. The fourth-order valence-corrected chi connectivity index (χ4v) is 2.80. The molecule has 0 aliphatic carbocycles. The molecule has 0 fully saturated rings. The highest BCUT2D eigenvalue weighted by molar-refractivity contribution is 5.87. The molecule has 1 aliphatic rings. The molecule has 2 heterocycles. The average Bonchev–Trinajstić information content (AvgIpc) is 3.11. The summed E-state index contributed by atoms with van der Waals surface area (Å²) in [5.74, 6) is 0.319. The molecule has 120 valence electrons. The third-order valence-corrected chi connectivity index (χ3v) is 3.76. The zero-order valence-electron chi connectivity index (χ0n) is 13.0. The maximum absolute atomic E-state index is 11.9. The van der Waals surface area contributed by atoms with Crippen LogP contribution in [0.25, 0.3) is 21.3 Å². The van der Waals surface area contributed by atoms with Crippen LogP contribution in [0.5, 0.6) is 5.75 Å². The Morgan fingerprint density at radius 1 is 1.65 bits per heavy atom. The molecule has 2 atom stereocenters. The van der Waals surface area contributed by atoms with Crippen molar-refractivity contribution in [1.82, 2.24) is 9.78 Å². The van der Waals surface area contributed by atoms with E-state index in [1.165, 1.54) is 0 Å². The van der Waals surface area contributed by atoms with Crippen molar-refractivity contribution in [2.24, 2.45) is 5.11 Å². The van der Waals surface area contributed by atoms with Crippen molar-refractivity contribution in [3.05, 3.63) is 34.3 Å². The van der Waals surface area contributed by atoms with Crippen LogP contribution >= 0.6 is 0 Å². The van der Waals surface area contributed by atoms with Gasteiger partial charge in [0.25, 0.3) is 0 Å². The summed E-state index contributed by atoms with van der Waals surface area (Å²) >= 11 is 0. The van der Waals surface area contributed by atoms with E-state index in [2.05, 4.69) is 15.1 Å². The topological polar surface area (TPSA) is 102 Å². The molecule has 1 aromatic carbocycles. The molecule has 8 heteroatoms. The zero-order chi connectivity index (χ0) is 16.4. The summed E-state index contributed by atoms with van der Waals surface area (Å²) in [6.45, 7) is 4.39. The third-order valence-electron chi connectivity index (χ3n) is 3.76. The standard InChI is InChI=1S/C15H17N5O3/c1-3-22-15(21)13-6-11-12(23-13)5-4-10-7-17-20(14(10)11)8-9(2)18-19-16/h4-5,7,9,13H,3,6,8H2,1-2H3. The summed E-state index contributed by atoms with van der Waals surface area (Å²) < 4.78 is 12.5. The Hall–Kier alpha value is -2.73. The summed E-state index contributed by atoms with van der Waals surface area (Å²) in [7, 11) is 0. The summed E-state index contributed by atoms with van der Waals surface area (Å²) in [5.41, 5.74) is 10.4. The predicted octanol–water partition coefficient (Wildman–Crippen LogP) is 2.60. The smallest absolute Gasteiger partial charge is 0.347 e. The Morgan fingerprint density at radius 3 is 3.22 bits per heavy atom. The summed E-state index contributed by atoms with van der Waals surface area (Å²) in [6, 6.07) is 3.53. The Labute approximate surface area is 132 Å². The molecule has 1 aliphatic heterocycles. The number of benzene rings is 1. The Kier molecular flexibility index (Phi) is 4.08. The van der Waals surface area contributed by atoms with E-state index >= 15 is 0 Å². The van der Waals surface area contributed by atoms with E-state index < -0.39 is 6.10 Å². The van der Waals surface area contributed by atoms with Gasteiger partial charge in [-0.1, -0.05) is 12.0 Å². The number of fused-ring (bicyclic) bond motifs is 3. The third kappa shape index (κ3) is 2.80. The van der Waals surface area contributed by atoms with E-state index in [0.29, 0.717) is 25.3 Å².